The first kappa shape index (κ1) is 18.1. The highest BCUT2D eigenvalue weighted by molar-refractivity contribution is 9.10. The number of unbranched alkanes of at least 4 members (excludes halogenated alkanes) is 1. The number of nitrogens with zero attached hydrogens (tertiary/aromatic N) is 1. The highest BCUT2D eigenvalue weighted by atomic mass is 79.9. The van der Waals surface area contributed by atoms with Crippen LogP contribution in [0, 0.1) is 11.3 Å². The van der Waals surface area contributed by atoms with Crippen molar-refractivity contribution in [2.75, 3.05) is 13.2 Å². The number of benzene rings is 1. The van der Waals surface area contributed by atoms with Crippen molar-refractivity contribution < 1.29 is 19.4 Å². The number of hydrogen-bond donors (Lipinski definition) is 1. The highest BCUT2D eigenvalue weighted by Crippen LogP contribution is 2.36. The highest BCUT2D eigenvalue weighted by Gasteiger charge is 2.13. The molecule has 6 heteroatoms. The second kappa shape index (κ2) is 9.11. The van der Waals surface area contributed by atoms with E-state index in [0.717, 1.165) is 12.8 Å². The van der Waals surface area contributed by atoms with Gasteiger partial charge in [-0.25, -0.2) is 4.79 Å². The number of nitriles is 1. The van der Waals surface area contributed by atoms with Crippen LogP contribution >= 0.6 is 15.9 Å². The zero-order chi connectivity index (χ0) is 16.5. The molecule has 0 spiro atoms. The zero-order valence-corrected chi connectivity index (χ0v) is 14.1. The zero-order valence-electron chi connectivity index (χ0n) is 12.6. The normalized spacial score (nSPS) is 10.9. The van der Waals surface area contributed by atoms with Crippen molar-refractivity contribution in [3.05, 3.63) is 27.7 Å². The standard InChI is InChI=1S/C16H18BrNO4/c1-3-5-6-22-16(20)12(10-18)7-11-8-13(17)15(19)14(9-11)21-4-2/h7-9,19H,3-6H2,1-2H3/b12-7-. The summed E-state index contributed by atoms with van der Waals surface area (Å²) in [5, 5.41) is 18.9. The first-order chi connectivity index (χ1) is 10.5. The number of carbonyl (C=O) groups is 1. The van der Waals surface area contributed by atoms with Crippen LogP contribution in [-0.4, -0.2) is 24.3 Å². The molecule has 0 heterocycles. The Kier molecular flexibility index (Phi) is 7.47. The van der Waals surface area contributed by atoms with Crippen LogP contribution in [0.3, 0.4) is 0 Å². The number of hydrogen-bond acceptors (Lipinski definition) is 5. The van der Waals surface area contributed by atoms with E-state index < -0.39 is 5.97 Å². The molecule has 0 saturated heterocycles. The molecule has 0 saturated carbocycles. The predicted molar refractivity (Wildman–Crippen MR) is 86.4 cm³/mol. The number of phenolic OH excluding ortho intramolecular Hbond substituents is 1. The molecule has 0 aliphatic rings. The van der Waals surface area contributed by atoms with Crippen LogP contribution in [0.15, 0.2) is 22.2 Å². The Morgan fingerprint density at radius 2 is 2.18 bits per heavy atom. The van der Waals surface area contributed by atoms with Crippen LogP contribution in [0.1, 0.15) is 32.3 Å². The van der Waals surface area contributed by atoms with Gasteiger partial charge in [-0.2, -0.15) is 5.26 Å². The predicted octanol–water partition coefficient (Wildman–Crippen LogP) is 3.80. The minimum atomic E-state index is -0.655. The second-order valence-corrected chi connectivity index (χ2v) is 5.30. The minimum Gasteiger partial charge on any atom is -0.503 e. The van der Waals surface area contributed by atoms with E-state index in [2.05, 4.69) is 15.9 Å². The molecular formula is C16H18BrNO4. The number of esters is 1. The van der Waals surface area contributed by atoms with Gasteiger partial charge in [0.05, 0.1) is 17.7 Å². The first-order valence-electron chi connectivity index (χ1n) is 6.97. The van der Waals surface area contributed by atoms with E-state index in [9.17, 15) is 9.90 Å². The van der Waals surface area contributed by atoms with Crippen LogP contribution < -0.4 is 4.74 Å². The third kappa shape index (κ3) is 5.08. The summed E-state index contributed by atoms with van der Waals surface area (Å²) in [5.41, 5.74) is 0.452. The molecule has 1 aromatic carbocycles. The average molecular weight is 368 g/mol. The molecule has 0 atom stereocenters. The Morgan fingerprint density at radius 1 is 1.45 bits per heavy atom. The number of aromatic hydroxyl groups is 1. The Hall–Kier alpha value is -2.00. The van der Waals surface area contributed by atoms with Crippen LogP contribution in [0.4, 0.5) is 0 Å². The van der Waals surface area contributed by atoms with Crippen molar-refractivity contribution in [2.45, 2.75) is 26.7 Å². The van der Waals surface area contributed by atoms with Gasteiger partial charge in [0, 0.05) is 0 Å². The summed E-state index contributed by atoms with van der Waals surface area (Å²) >= 11 is 3.21. The van der Waals surface area contributed by atoms with Gasteiger partial charge in [-0.15, -0.1) is 0 Å². The summed E-state index contributed by atoms with van der Waals surface area (Å²) in [5.74, 6) is -0.402. The summed E-state index contributed by atoms with van der Waals surface area (Å²) in [7, 11) is 0. The van der Waals surface area contributed by atoms with Gasteiger partial charge in [-0.05, 0) is 53.0 Å². The molecule has 0 radical (unpaired) electrons. The number of carbonyl (C=O) groups excluding carboxylic acids is 1. The maximum absolute atomic E-state index is 11.8. The first-order valence-corrected chi connectivity index (χ1v) is 7.77. The fourth-order valence-corrected chi connectivity index (χ4v) is 2.09. The maximum Gasteiger partial charge on any atom is 0.348 e. The van der Waals surface area contributed by atoms with Crippen LogP contribution in [0.5, 0.6) is 11.5 Å². The Balaban J connectivity index is 3.02. The molecule has 0 unspecified atom stereocenters. The fraction of sp³-hybridized carbons (Fsp3) is 0.375. The van der Waals surface area contributed by atoms with E-state index in [1.165, 1.54) is 6.08 Å². The average Bonchev–Trinajstić information content (AvgIpc) is 2.50. The Labute approximate surface area is 138 Å². The Bertz CT molecular complexity index is 605. The molecule has 0 aromatic heterocycles. The number of ether oxygens (including phenoxy) is 2. The van der Waals surface area contributed by atoms with E-state index in [1.54, 1.807) is 19.1 Å². The van der Waals surface area contributed by atoms with E-state index in [4.69, 9.17) is 14.7 Å². The van der Waals surface area contributed by atoms with Crippen molar-refractivity contribution in [3.8, 4) is 17.6 Å². The molecule has 5 nitrogen and oxygen atoms in total. The van der Waals surface area contributed by atoms with Crippen molar-refractivity contribution in [1.82, 2.24) is 0 Å². The molecule has 0 aliphatic carbocycles. The third-order valence-electron chi connectivity index (χ3n) is 2.73. The van der Waals surface area contributed by atoms with Gasteiger partial charge in [0.1, 0.15) is 11.6 Å². The number of rotatable bonds is 7. The van der Waals surface area contributed by atoms with Crippen molar-refractivity contribution in [2.24, 2.45) is 0 Å². The number of halogens is 1. The fourth-order valence-electron chi connectivity index (χ4n) is 1.63. The summed E-state index contributed by atoms with van der Waals surface area (Å²) < 4.78 is 10.7. The maximum atomic E-state index is 11.8. The molecule has 1 rings (SSSR count). The Morgan fingerprint density at radius 3 is 2.77 bits per heavy atom. The molecule has 0 bridgehead atoms. The molecule has 118 valence electrons. The van der Waals surface area contributed by atoms with Gasteiger partial charge in [-0.3, -0.25) is 0 Å². The lowest BCUT2D eigenvalue weighted by molar-refractivity contribution is -0.138. The van der Waals surface area contributed by atoms with Crippen molar-refractivity contribution in [1.29, 1.82) is 5.26 Å². The molecule has 22 heavy (non-hydrogen) atoms. The van der Waals surface area contributed by atoms with E-state index >= 15 is 0 Å². The van der Waals surface area contributed by atoms with Crippen LogP contribution in [0.2, 0.25) is 0 Å². The molecule has 1 aromatic rings. The SMILES string of the molecule is CCCCOC(=O)/C(C#N)=C\c1cc(Br)c(O)c(OCC)c1. The molecule has 0 aliphatic heterocycles. The van der Waals surface area contributed by atoms with Gasteiger partial charge in [0.15, 0.2) is 11.5 Å². The van der Waals surface area contributed by atoms with E-state index in [0.29, 0.717) is 16.6 Å². The number of phenols is 1. The van der Waals surface area contributed by atoms with Crippen LogP contribution in [0.25, 0.3) is 6.08 Å². The van der Waals surface area contributed by atoms with E-state index in [1.807, 2.05) is 13.0 Å². The molecule has 1 N–H and O–H groups in total. The van der Waals surface area contributed by atoms with Gasteiger partial charge < -0.3 is 14.6 Å². The lowest BCUT2D eigenvalue weighted by Gasteiger charge is -2.09. The minimum absolute atomic E-state index is 0.0250. The topological polar surface area (TPSA) is 79.6 Å². The summed E-state index contributed by atoms with van der Waals surface area (Å²) in [4.78, 5) is 11.8. The van der Waals surface area contributed by atoms with Crippen LogP contribution in [-0.2, 0) is 9.53 Å². The van der Waals surface area contributed by atoms with Gasteiger partial charge in [0.2, 0.25) is 0 Å². The molecule has 0 amide bonds. The van der Waals surface area contributed by atoms with Crippen molar-refractivity contribution >= 4 is 28.0 Å². The quantitative estimate of drug-likeness (QED) is 0.343. The van der Waals surface area contributed by atoms with E-state index in [-0.39, 0.29) is 23.7 Å². The van der Waals surface area contributed by atoms with Gasteiger partial charge in [0.25, 0.3) is 0 Å². The van der Waals surface area contributed by atoms with Crippen molar-refractivity contribution in [3.63, 3.8) is 0 Å². The monoisotopic (exact) mass is 367 g/mol. The smallest absolute Gasteiger partial charge is 0.348 e. The summed E-state index contributed by atoms with van der Waals surface area (Å²) in [6.07, 6.45) is 3.06. The molecular weight excluding hydrogens is 350 g/mol. The lowest BCUT2D eigenvalue weighted by Crippen LogP contribution is -2.07. The summed E-state index contributed by atoms with van der Waals surface area (Å²) in [6.45, 7) is 4.45. The van der Waals surface area contributed by atoms with Gasteiger partial charge in [-0.1, -0.05) is 13.3 Å². The molecule has 0 fully saturated rings. The second-order valence-electron chi connectivity index (χ2n) is 4.44. The summed E-state index contributed by atoms with van der Waals surface area (Å²) in [6, 6.07) is 4.98. The third-order valence-corrected chi connectivity index (χ3v) is 3.34. The van der Waals surface area contributed by atoms with Gasteiger partial charge >= 0.3 is 5.97 Å². The largest absolute Gasteiger partial charge is 0.503 e. The lowest BCUT2D eigenvalue weighted by atomic mass is 10.1.